The molecule has 23 heavy (non-hydrogen) atoms. The number of rotatable bonds is 7. The van der Waals surface area contributed by atoms with E-state index in [9.17, 15) is 4.79 Å². The van der Waals surface area contributed by atoms with Gasteiger partial charge in [-0.2, -0.15) is 11.8 Å². The predicted molar refractivity (Wildman–Crippen MR) is 100 cm³/mol. The van der Waals surface area contributed by atoms with Gasteiger partial charge in [0.25, 0.3) is 0 Å². The fraction of sp³-hybridized carbons (Fsp3) is 0.588. The molecule has 130 valence electrons. The molecular formula is C17H27ClN2O2S. The normalized spacial score (nSPS) is 16.4. The van der Waals surface area contributed by atoms with E-state index in [1.807, 2.05) is 30.0 Å². The van der Waals surface area contributed by atoms with Crippen LogP contribution in [0.4, 0.5) is 5.69 Å². The van der Waals surface area contributed by atoms with Crippen molar-refractivity contribution >= 4 is 35.8 Å². The molecule has 1 aliphatic rings. The first kappa shape index (κ1) is 20.3. The summed E-state index contributed by atoms with van der Waals surface area (Å²) in [6, 6.07) is 7.39. The van der Waals surface area contributed by atoms with E-state index in [4.69, 9.17) is 10.5 Å². The van der Waals surface area contributed by atoms with Crippen LogP contribution in [0.2, 0.25) is 0 Å². The summed E-state index contributed by atoms with van der Waals surface area (Å²) >= 11 is 2.04. The van der Waals surface area contributed by atoms with Crippen molar-refractivity contribution in [2.75, 3.05) is 19.0 Å². The van der Waals surface area contributed by atoms with Gasteiger partial charge < -0.3 is 15.8 Å². The fourth-order valence-corrected chi connectivity index (χ4v) is 3.95. The van der Waals surface area contributed by atoms with Crippen LogP contribution in [0.25, 0.3) is 0 Å². The summed E-state index contributed by atoms with van der Waals surface area (Å²) in [6.45, 7) is 0.225. The number of ether oxygens (including phenoxy) is 1. The molecule has 0 radical (unpaired) electrons. The number of nitrogens with two attached hydrogens (primary N) is 1. The second-order valence-electron chi connectivity index (χ2n) is 5.82. The van der Waals surface area contributed by atoms with E-state index in [1.165, 1.54) is 44.8 Å². The molecule has 1 unspecified atom stereocenters. The van der Waals surface area contributed by atoms with Gasteiger partial charge in [0, 0.05) is 23.8 Å². The highest BCUT2D eigenvalue weighted by molar-refractivity contribution is 7.99. The molecule has 1 saturated carbocycles. The van der Waals surface area contributed by atoms with Crippen LogP contribution in [0.5, 0.6) is 0 Å². The van der Waals surface area contributed by atoms with E-state index in [1.54, 1.807) is 0 Å². The minimum Gasteiger partial charge on any atom is -0.383 e. The molecule has 0 heterocycles. The van der Waals surface area contributed by atoms with Gasteiger partial charge in [-0.3, -0.25) is 4.79 Å². The maximum absolute atomic E-state index is 11.9. The van der Waals surface area contributed by atoms with Crippen molar-refractivity contribution < 1.29 is 9.53 Å². The van der Waals surface area contributed by atoms with Gasteiger partial charge in [-0.25, -0.2) is 0 Å². The third kappa shape index (κ3) is 7.12. The number of benzene rings is 1. The number of hydrogen-bond donors (Lipinski definition) is 2. The maximum atomic E-state index is 11.9. The number of thioether (sulfide) groups is 1. The third-order valence-electron chi connectivity index (χ3n) is 3.92. The highest BCUT2D eigenvalue weighted by atomic mass is 35.5. The van der Waals surface area contributed by atoms with Crippen LogP contribution in [0.1, 0.15) is 37.7 Å². The van der Waals surface area contributed by atoms with Crippen molar-refractivity contribution in [2.24, 2.45) is 5.73 Å². The van der Waals surface area contributed by atoms with Crippen molar-refractivity contribution in [3.05, 3.63) is 29.8 Å². The summed E-state index contributed by atoms with van der Waals surface area (Å²) in [7, 11) is 1.54. The molecule has 0 aliphatic heterocycles. The van der Waals surface area contributed by atoms with E-state index in [0.29, 0.717) is 0 Å². The van der Waals surface area contributed by atoms with Crippen molar-refractivity contribution in [3.8, 4) is 0 Å². The van der Waals surface area contributed by atoms with Gasteiger partial charge in [0.1, 0.15) is 6.04 Å². The second kappa shape index (κ2) is 10.9. The molecular weight excluding hydrogens is 332 g/mol. The zero-order chi connectivity index (χ0) is 15.8. The molecule has 0 saturated heterocycles. The largest absolute Gasteiger partial charge is 0.383 e. The Kier molecular flexibility index (Phi) is 9.63. The van der Waals surface area contributed by atoms with Crippen LogP contribution < -0.4 is 11.1 Å². The van der Waals surface area contributed by atoms with Gasteiger partial charge in [-0.15, -0.1) is 12.4 Å². The lowest BCUT2D eigenvalue weighted by atomic mass is 10.0. The molecule has 1 aliphatic carbocycles. The molecule has 0 bridgehead atoms. The number of amides is 1. The summed E-state index contributed by atoms with van der Waals surface area (Å²) in [5.41, 5.74) is 7.78. The maximum Gasteiger partial charge on any atom is 0.243 e. The van der Waals surface area contributed by atoms with Crippen LogP contribution in [0.3, 0.4) is 0 Å². The topological polar surface area (TPSA) is 64.3 Å². The van der Waals surface area contributed by atoms with Crippen LogP contribution in [-0.4, -0.2) is 30.9 Å². The molecule has 1 aromatic rings. The molecule has 1 aromatic carbocycles. The zero-order valence-electron chi connectivity index (χ0n) is 13.6. The first-order valence-electron chi connectivity index (χ1n) is 7.95. The minimum atomic E-state index is -0.634. The molecule has 0 aromatic heterocycles. The Bertz CT molecular complexity index is 481. The van der Waals surface area contributed by atoms with Crippen LogP contribution >= 0.6 is 24.2 Å². The Morgan fingerprint density at radius 1 is 1.39 bits per heavy atom. The van der Waals surface area contributed by atoms with Crippen LogP contribution in [0.15, 0.2) is 24.3 Å². The third-order valence-corrected chi connectivity index (χ3v) is 5.36. The lowest BCUT2D eigenvalue weighted by Gasteiger charge is -2.21. The van der Waals surface area contributed by atoms with Gasteiger partial charge in [0.15, 0.2) is 0 Å². The number of nitrogens with one attached hydrogen (secondary N) is 1. The molecule has 2 rings (SSSR count). The zero-order valence-corrected chi connectivity index (χ0v) is 15.3. The monoisotopic (exact) mass is 358 g/mol. The second-order valence-corrected chi connectivity index (χ2v) is 7.11. The summed E-state index contributed by atoms with van der Waals surface area (Å²) in [4.78, 5) is 11.9. The lowest BCUT2D eigenvalue weighted by Crippen LogP contribution is -2.39. The van der Waals surface area contributed by atoms with E-state index in [-0.39, 0.29) is 24.9 Å². The van der Waals surface area contributed by atoms with Crippen LogP contribution in [-0.2, 0) is 15.3 Å². The molecule has 0 spiro atoms. The average molecular weight is 359 g/mol. The number of carbonyl (C=O) groups is 1. The van der Waals surface area contributed by atoms with Gasteiger partial charge in [-0.1, -0.05) is 31.4 Å². The molecule has 1 fully saturated rings. The summed E-state index contributed by atoms with van der Waals surface area (Å²) in [5, 5.41) is 3.65. The molecule has 1 atom stereocenters. The summed E-state index contributed by atoms with van der Waals surface area (Å²) in [6.07, 6.45) is 6.80. The van der Waals surface area contributed by atoms with Gasteiger partial charge in [0.05, 0.1) is 6.61 Å². The smallest absolute Gasteiger partial charge is 0.243 e. The minimum absolute atomic E-state index is 0. The number of hydrogen-bond acceptors (Lipinski definition) is 4. The number of anilines is 1. The SMILES string of the molecule is COCC(N)C(=O)Nc1cccc(CSC2CCCCC2)c1.Cl. The van der Waals surface area contributed by atoms with Crippen molar-refractivity contribution in [3.63, 3.8) is 0 Å². The van der Waals surface area contributed by atoms with Gasteiger partial charge >= 0.3 is 0 Å². The standard InChI is InChI=1S/C17H26N2O2S.ClH/c1-21-11-16(18)17(20)19-14-7-5-6-13(10-14)12-22-15-8-3-2-4-9-15;/h5-7,10,15-16H,2-4,8-9,11-12,18H2,1H3,(H,19,20);1H. The molecule has 6 heteroatoms. The Morgan fingerprint density at radius 3 is 2.83 bits per heavy atom. The van der Waals surface area contributed by atoms with E-state index in [2.05, 4.69) is 11.4 Å². The van der Waals surface area contributed by atoms with Crippen molar-refractivity contribution in [1.29, 1.82) is 0 Å². The Hall–Kier alpha value is -0.750. The Balaban J connectivity index is 0.00000264. The number of carbonyl (C=O) groups excluding carboxylic acids is 1. The van der Waals surface area contributed by atoms with E-state index < -0.39 is 6.04 Å². The number of halogens is 1. The quantitative estimate of drug-likeness (QED) is 0.781. The first-order valence-corrected chi connectivity index (χ1v) is 9.00. The summed E-state index contributed by atoms with van der Waals surface area (Å²) < 4.78 is 4.90. The first-order chi connectivity index (χ1) is 10.7. The molecule has 4 nitrogen and oxygen atoms in total. The van der Waals surface area contributed by atoms with Gasteiger partial charge in [0.2, 0.25) is 5.91 Å². The highest BCUT2D eigenvalue weighted by Gasteiger charge is 2.15. The summed E-state index contributed by atoms with van der Waals surface area (Å²) in [5.74, 6) is 0.789. The van der Waals surface area contributed by atoms with Crippen molar-refractivity contribution in [1.82, 2.24) is 0 Å². The highest BCUT2D eigenvalue weighted by Crippen LogP contribution is 2.30. The van der Waals surface area contributed by atoms with Gasteiger partial charge in [-0.05, 0) is 30.5 Å². The van der Waals surface area contributed by atoms with E-state index >= 15 is 0 Å². The lowest BCUT2D eigenvalue weighted by molar-refractivity contribution is -0.118. The van der Waals surface area contributed by atoms with E-state index in [0.717, 1.165) is 16.7 Å². The predicted octanol–water partition coefficient (Wildman–Crippen LogP) is 3.59. The van der Waals surface area contributed by atoms with Crippen LogP contribution in [0, 0.1) is 0 Å². The molecule has 1 amide bonds. The Labute approximate surface area is 149 Å². The average Bonchev–Trinajstić information content (AvgIpc) is 2.54. The number of methoxy groups -OCH3 is 1. The van der Waals surface area contributed by atoms with Crippen molar-refractivity contribution in [2.45, 2.75) is 49.1 Å². The Morgan fingerprint density at radius 2 is 2.13 bits per heavy atom. The molecule has 3 N–H and O–H groups in total. The fourth-order valence-electron chi connectivity index (χ4n) is 2.67.